The summed E-state index contributed by atoms with van der Waals surface area (Å²) >= 11 is 0. The van der Waals surface area contributed by atoms with Crippen LogP contribution < -0.4 is 10.6 Å². The first-order valence-electron chi connectivity index (χ1n) is 5.98. The molecule has 6 heteroatoms. The van der Waals surface area contributed by atoms with Gasteiger partial charge in [0.2, 0.25) is 0 Å². The predicted octanol–water partition coefficient (Wildman–Crippen LogP) is 2.21. The van der Waals surface area contributed by atoms with E-state index in [2.05, 4.69) is 10.6 Å². The Kier molecular flexibility index (Phi) is 5.38. The third-order valence-corrected chi connectivity index (χ3v) is 2.31. The van der Waals surface area contributed by atoms with Crippen molar-refractivity contribution in [2.75, 3.05) is 23.7 Å². The van der Waals surface area contributed by atoms with Crippen molar-refractivity contribution in [2.24, 2.45) is 0 Å². The van der Waals surface area contributed by atoms with Gasteiger partial charge in [0.25, 0.3) is 5.69 Å². The summed E-state index contributed by atoms with van der Waals surface area (Å²) in [5, 5.41) is 26.1. The maximum Gasteiger partial charge on any atom is 0.273 e. The van der Waals surface area contributed by atoms with Gasteiger partial charge in [0.05, 0.1) is 11.0 Å². The summed E-state index contributed by atoms with van der Waals surface area (Å²) in [4.78, 5) is 10.4. The van der Waals surface area contributed by atoms with Crippen molar-refractivity contribution >= 4 is 17.1 Å². The monoisotopic (exact) mass is 253 g/mol. The fourth-order valence-corrected chi connectivity index (χ4v) is 1.46. The lowest BCUT2D eigenvalue weighted by Gasteiger charge is -2.11. The van der Waals surface area contributed by atoms with Crippen LogP contribution in [0.15, 0.2) is 18.2 Å². The molecular weight excluding hydrogens is 234 g/mol. The second-order valence-corrected chi connectivity index (χ2v) is 4.18. The van der Waals surface area contributed by atoms with Crippen LogP contribution in [0, 0.1) is 10.1 Å². The van der Waals surface area contributed by atoms with Crippen molar-refractivity contribution in [1.29, 1.82) is 0 Å². The van der Waals surface area contributed by atoms with Crippen LogP contribution in [-0.2, 0) is 0 Å². The maximum absolute atomic E-state index is 10.8. The zero-order chi connectivity index (χ0) is 13.5. The van der Waals surface area contributed by atoms with Crippen LogP contribution >= 0.6 is 0 Å². The highest BCUT2D eigenvalue weighted by molar-refractivity contribution is 5.63. The molecule has 0 aliphatic rings. The number of nitrogens with zero attached hydrogens (tertiary/aromatic N) is 1. The number of hydrogen-bond donors (Lipinski definition) is 3. The molecule has 0 spiro atoms. The third-order valence-electron chi connectivity index (χ3n) is 2.31. The number of aliphatic hydroxyl groups excluding tert-OH is 1. The SMILES string of the molecule is CCCNc1cc(NCC(C)O)cc([N+](=O)[O-])c1. The fraction of sp³-hybridized carbons (Fsp3) is 0.500. The Balaban J connectivity index is 2.87. The van der Waals surface area contributed by atoms with E-state index in [9.17, 15) is 15.2 Å². The molecule has 0 saturated carbocycles. The fourth-order valence-electron chi connectivity index (χ4n) is 1.46. The summed E-state index contributed by atoms with van der Waals surface area (Å²) in [6.07, 6.45) is 0.440. The second-order valence-electron chi connectivity index (χ2n) is 4.18. The van der Waals surface area contributed by atoms with Crippen molar-refractivity contribution in [3.63, 3.8) is 0 Å². The molecule has 0 aliphatic carbocycles. The largest absolute Gasteiger partial charge is 0.392 e. The van der Waals surface area contributed by atoms with Crippen LogP contribution in [0.1, 0.15) is 20.3 Å². The lowest BCUT2D eigenvalue weighted by atomic mass is 10.2. The van der Waals surface area contributed by atoms with Crippen molar-refractivity contribution < 1.29 is 10.0 Å². The summed E-state index contributed by atoms with van der Waals surface area (Å²) in [5.41, 5.74) is 1.37. The van der Waals surface area contributed by atoms with Crippen LogP contribution in [-0.4, -0.2) is 29.2 Å². The van der Waals surface area contributed by atoms with Gasteiger partial charge in [-0.1, -0.05) is 6.92 Å². The summed E-state index contributed by atoms with van der Waals surface area (Å²) in [6, 6.07) is 4.76. The molecule has 0 fully saturated rings. The van der Waals surface area contributed by atoms with E-state index in [0.717, 1.165) is 13.0 Å². The predicted molar refractivity (Wildman–Crippen MR) is 72.0 cm³/mol. The number of anilines is 2. The molecule has 0 radical (unpaired) electrons. The summed E-state index contributed by atoms with van der Waals surface area (Å²) in [5.74, 6) is 0. The molecule has 0 aromatic heterocycles. The van der Waals surface area contributed by atoms with E-state index in [1.165, 1.54) is 12.1 Å². The van der Waals surface area contributed by atoms with Gasteiger partial charge in [-0.15, -0.1) is 0 Å². The van der Waals surface area contributed by atoms with E-state index < -0.39 is 11.0 Å². The Hall–Kier alpha value is -1.82. The zero-order valence-electron chi connectivity index (χ0n) is 10.6. The van der Waals surface area contributed by atoms with Gasteiger partial charge in [-0.3, -0.25) is 10.1 Å². The van der Waals surface area contributed by atoms with Crippen LogP contribution in [0.5, 0.6) is 0 Å². The van der Waals surface area contributed by atoms with E-state index >= 15 is 0 Å². The average Bonchev–Trinajstić information content (AvgIpc) is 2.33. The number of non-ortho nitro benzene ring substituents is 1. The van der Waals surface area contributed by atoms with E-state index in [0.29, 0.717) is 17.9 Å². The maximum atomic E-state index is 10.8. The lowest BCUT2D eigenvalue weighted by molar-refractivity contribution is -0.384. The minimum absolute atomic E-state index is 0.0317. The third kappa shape index (κ3) is 4.58. The van der Waals surface area contributed by atoms with Gasteiger partial charge < -0.3 is 15.7 Å². The van der Waals surface area contributed by atoms with Crippen LogP contribution in [0.25, 0.3) is 0 Å². The average molecular weight is 253 g/mol. The standard InChI is InChI=1S/C12H19N3O3/c1-3-4-13-10-5-11(14-8-9(2)16)7-12(6-10)15(17)18/h5-7,9,13-14,16H,3-4,8H2,1-2H3. The van der Waals surface area contributed by atoms with Crippen molar-refractivity contribution in [3.05, 3.63) is 28.3 Å². The van der Waals surface area contributed by atoms with Gasteiger partial charge in [-0.25, -0.2) is 0 Å². The van der Waals surface area contributed by atoms with Crippen molar-refractivity contribution in [3.8, 4) is 0 Å². The molecule has 0 bridgehead atoms. The van der Waals surface area contributed by atoms with Gasteiger partial charge in [-0.05, 0) is 19.4 Å². The molecule has 0 aliphatic heterocycles. The highest BCUT2D eigenvalue weighted by Crippen LogP contribution is 2.24. The van der Waals surface area contributed by atoms with Crippen molar-refractivity contribution in [2.45, 2.75) is 26.4 Å². The molecule has 18 heavy (non-hydrogen) atoms. The molecule has 0 saturated heterocycles. The van der Waals surface area contributed by atoms with Crippen LogP contribution in [0.2, 0.25) is 0 Å². The molecule has 1 atom stereocenters. The van der Waals surface area contributed by atoms with Gasteiger partial charge in [0.15, 0.2) is 0 Å². The van der Waals surface area contributed by atoms with Crippen LogP contribution in [0.3, 0.4) is 0 Å². The number of rotatable bonds is 7. The number of nitrogens with one attached hydrogen (secondary N) is 2. The molecule has 0 heterocycles. The minimum Gasteiger partial charge on any atom is -0.392 e. The molecule has 6 nitrogen and oxygen atoms in total. The number of nitro benzene ring substituents is 1. The Labute approximate surface area is 106 Å². The Bertz CT molecular complexity index is 408. The second kappa shape index (κ2) is 6.80. The molecule has 0 amide bonds. The summed E-state index contributed by atoms with van der Waals surface area (Å²) < 4.78 is 0. The number of hydrogen-bond acceptors (Lipinski definition) is 5. The molecule has 100 valence electrons. The van der Waals surface area contributed by atoms with Crippen molar-refractivity contribution in [1.82, 2.24) is 0 Å². The first-order valence-corrected chi connectivity index (χ1v) is 5.98. The topological polar surface area (TPSA) is 87.4 Å². The van der Waals surface area contributed by atoms with E-state index in [-0.39, 0.29) is 5.69 Å². The first kappa shape index (κ1) is 14.2. The van der Waals surface area contributed by atoms with Gasteiger partial charge in [-0.2, -0.15) is 0 Å². The number of aliphatic hydroxyl groups is 1. The zero-order valence-corrected chi connectivity index (χ0v) is 10.6. The summed E-state index contributed by atoms with van der Waals surface area (Å²) in [6.45, 7) is 4.79. The normalized spacial score (nSPS) is 11.9. The molecular formula is C12H19N3O3. The Morgan fingerprint density at radius 1 is 1.33 bits per heavy atom. The van der Waals surface area contributed by atoms with Gasteiger partial charge in [0.1, 0.15) is 0 Å². The smallest absolute Gasteiger partial charge is 0.273 e. The Morgan fingerprint density at radius 3 is 2.44 bits per heavy atom. The van der Waals surface area contributed by atoms with E-state index in [4.69, 9.17) is 0 Å². The minimum atomic E-state index is -0.503. The molecule has 1 rings (SSSR count). The van der Waals surface area contributed by atoms with Gasteiger partial charge in [0, 0.05) is 36.6 Å². The highest BCUT2D eigenvalue weighted by Gasteiger charge is 2.09. The van der Waals surface area contributed by atoms with Crippen LogP contribution in [0.4, 0.5) is 17.1 Å². The lowest BCUT2D eigenvalue weighted by Crippen LogP contribution is -2.15. The van der Waals surface area contributed by atoms with E-state index in [1.54, 1.807) is 13.0 Å². The number of benzene rings is 1. The molecule has 1 unspecified atom stereocenters. The summed E-state index contributed by atoms with van der Waals surface area (Å²) in [7, 11) is 0. The highest BCUT2D eigenvalue weighted by atomic mass is 16.6. The quantitative estimate of drug-likeness (QED) is 0.512. The van der Waals surface area contributed by atoms with Gasteiger partial charge >= 0.3 is 0 Å². The number of nitro groups is 1. The molecule has 1 aromatic carbocycles. The Morgan fingerprint density at radius 2 is 1.94 bits per heavy atom. The van der Waals surface area contributed by atoms with E-state index in [1.807, 2.05) is 6.92 Å². The molecule has 1 aromatic rings. The molecule has 3 N–H and O–H groups in total. The first-order chi connectivity index (χ1) is 8.52.